The molecular weight excluding hydrogens is 336 g/mol. The number of thiazole rings is 1. The van der Waals surface area contributed by atoms with Crippen molar-refractivity contribution in [2.75, 3.05) is 20.3 Å². The Balaban J connectivity index is 1.52. The molecule has 0 radical (unpaired) electrons. The fourth-order valence-corrected chi connectivity index (χ4v) is 3.75. The van der Waals surface area contributed by atoms with Crippen molar-refractivity contribution in [1.29, 1.82) is 0 Å². The summed E-state index contributed by atoms with van der Waals surface area (Å²) in [6, 6.07) is 5.79. The summed E-state index contributed by atoms with van der Waals surface area (Å²) in [6.07, 6.45) is 1.43. The summed E-state index contributed by atoms with van der Waals surface area (Å²) in [7, 11) is 1.63. The van der Waals surface area contributed by atoms with Crippen LogP contribution in [0.3, 0.4) is 0 Å². The Hall–Kier alpha value is -2.08. The van der Waals surface area contributed by atoms with Gasteiger partial charge < -0.3 is 14.8 Å². The first-order chi connectivity index (χ1) is 12.1. The molecule has 0 saturated heterocycles. The molecular formula is C19H24N2O3S. The van der Waals surface area contributed by atoms with E-state index in [0.29, 0.717) is 25.5 Å². The van der Waals surface area contributed by atoms with Gasteiger partial charge in [-0.3, -0.25) is 4.79 Å². The van der Waals surface area contributed by atoms with Gasteiger partial charge in [0, 0.05) is 24.3 Å². The fraction of sp³-hybridized carbons (Fsp3) is 0.474. The van der Waals surface area contributed by atoms with Gasteiger partial charge in [-0.15, -0.1) is 11.3 Å². The van der Waals surface area contributed by atoms with E-state index in [1.165, 1.54) is 0 Å². The minimum Gasteiger partial charge on any atom is -0.493 e. The van der Waals surface area contributed by atoms with Crippen LogP contribution in [0.1, 0.15) is 36.0 Å². The molecule has 1 aromatic heterocycles. The molecule has 0 aliphatic carbocycles. The lowest BCUT2D eigenvalue weighted by Gasteiger charge is -2.25. The first-order valence-corrected chi connectivity index (χ1v) is 9.47. The monoisotopic (exact) mass is 360 g/mol. The summed E-state index contributed by atoms with van der Waals surface area (Å²) in [5.41, 5.74) is 2.07. The summed E-state index contributed by atoms with van der Waals surface area (Å²) in [5, 5.41) is 6.24. The normalized spacial score (nSPS) is 16.2. The van der Waals surface area contributed by atoms with Crippen molar-refractivity contribution in [2.24, 2.45) is 5.92 Å². The molecule has 1 aliphatic heterocycles. The number of aromatic nitrogens is 1. The van der Waals surface area contributed by atoms with Crippen molar-refractivity contribution in [3.8, 4) is 11.5 Å². The van der Waals surface area contributed by atoms with E-state index in [4.69, 9.17) is 9.47 Å². The van der Waals surface area contributed by atoms with Crippen molar-refractivity contribution in [3.63, 3.8) is 0 Å². The Morgan fingerprint density at radius 3 is 3.04 bits per heavy atom. The molecule has 3 rings (SSSR count). The number of carbonyl (C=O) groups is 1. The topological polar surface area (TPSA) is 60.5 Å². The van der Waals surface area contributed by atoms with Crippen LogP contribution in [0, 0.1) is 5.92 Å². The zero-order valence-corrected chi connectivity index (χ0v) is 15.7. The van der Waals surface area contributed by atoms with Crippen LogP contribution < -0.4 is 14.8 Å². The van der Waals surface area contributed by atoms with Gasteiger partial charge >= 0.3 is 0 Å². The van der Waals surface area contributed by atoms with Gasteiger partial charge in [0.1, 0.15) is 6.61 Å². The van der Waals surface area contributed by atoms with Gasteiger partial charge in [0.2, 0.25) is 5.91 Å². The summed E-state index contributed by atoms with van der Waals surface area (Å²) in [6.45, 7) is 5.26. The van der Waals surface area contributed by atoms with E-state index in [1.54, 1.807) is 18.4 Å². The molecule has 134 valence electrons. The van der Waals surface area contributed by atoms with Crippen LogP contribution in [0.5, 0.6) is 11.5 Å². The highest BCUT2D eigenvalue weighted by Gasteiger charge is 2.27. The lowest BCUT2D eigenvalue weighted by Crippen LogP contribution is -2.38. The molecule has 6 heteroatoms. The van der Waals surface area contributed by atoms with Crippen molar-refractivity contribution >= 4 is 17.2 Å². The van der Waals surface area contributed by atoms with E-state index in [-0.39, 0.29) is 11.8 Å². The number of benzene rings is 1. The number of amides is 1. The molecule has 0 fully saturated rings. The van der Waals surface area contributed by atoms with Crippen LogP contribution >= 0.6 is 11.3 Å². The van der Waals surface area contributed by atoms with Crippen LogP contribution in [0.4, 0.5) is 0 Å². The van der Waals surface area contributed by atoms with Gasteiger partial charge in [-0.1, -0.05) is 26.0 Å². The number of hydrogen-bond acceptors (Lipinski definition) is 5. The van der Waals surface area contributed by atoms with Gasteiger partial charge in [-0.2, -0.15) is 0 Å². The predicted octanol–water partition coefficient (Wildman–Crippen LogP) is 3.19. The summed E-state index contributed by atoms with van der Waals surface area (Å²) in [5.74, 6) is 1.80. The second kappa shape index (κ2) is 7.87. The molecule has 1 unspecified atom stereocenters. The molecule has 1 aliphatic rings. The van der Waals surface area contributed by atoms with E-state index in [1.807, 2.05) is 18.2 Å². The van der Waals surface area contributed by atoms with Gasteiger partial charge in [0.15, 0.2) is 11.5 Å². The van der Waals surface area contributed by atoms with Gasteiger partial charge in [-0.25, -0.2) is 4.98 Å². The third-order valence-electron chi connectivity index (χ3n) is 4.29. The van der Waals surface area contributed by atoms with Gasteiger partial charge in [-0.05, 0) is 18.1 Å². The number of carbonyl (C=O) groups excluding carboxylic acids is 1. The predicted molar refractivity (Wildman–Crippen MR) is 98.6 cm³/mol. The number of hydrogen-bond donors (Lipinski definition) is 1. The molecule has 1 aromatic carbocycles. The Bertz CT molecular complexity index is 742. The molecule has 1 atom stereocenters. The first-order valence-electron chi connectivity index (χ1n) is 8.59. The minimum absolute atomic E-state index is 0.0350. The lowest BCUT2D eigenvalue weighted by molar-refractivity contribution is -0.126. The number of rotatable bonds is 6. The molecule has 1 N–H and O–H groups in total. The Morgan fingerprint density at radius 1 is 1.48 bits per heavy atom. The maximum Gasteiger partial charge on any atom is 0.226 e. The Labute approximate surface area is 152 Å². The average Bonchev–Trinajstić information content (AvgIpc) is 3.09. The van der Waals surface area contributed by atoms with Crippen LogP contribution in [0.2, 0.25) is 0 Å². The quantitative estimate of drug-likeness (QED) is 0.859. The Morgan fingerprint density at radius 2 is 2.32 bits per heavy atom. The SMILES string of the molecule is COc1cccc2c1OCC(C(=O)NCCc1csc(C(C)C)n1)C2. The molecule has 0 saturated carbocycles. The van der Waals surface area contributed by atoms with E-state index in [2.05, 4.69) is 29.5 Å². The fourth-order valence-electron chi connectivity index (χ4n) is 2.88. The third kappa shape index (κ3) is 4.12. The van der Waals surface area contributed by atoms with E-state index < -0.39 is 0 Å². The Kier molecular flexibility index (Phi) is 5.58. The highest BCUT2D eigenvalue weighted by molar-refractivity contribution is 7.09. The minimum atomic E-state index is -0.165. The maximum atomic E-state index is 12.4. The average molecular weight is 360 g/mol. The smallest absolute Gasteiger partial charge is 0.226 e. The standard InChI is InChI=1S/C19H24N2O3S/c1-12(2)19-21-15(11-25-19)7-8-20-18(22)14-9-13-5-4-6-16(23-3)17(13)24-10-14/h4-6,11-12,14H,7-10H2,1-3H3,(H,20,22). The number of methoxy groups -OCH3 is 1. The maximum absolute atomic E-state index is 12.4. The highest BCUT2D eigenvalue weighted by atomic mass is 32.1. The second-order valence-electron chi connectivity index (χ2n) is 6.53. The van der Waals surface area contributed by atoms with Crippen molar-refractivity contribution in [2.45, 2.75) is 32.6 Å². The zero-order chi connectivity index (χ0) is 17.8. The number of nitrogens with zero attached hydrogens (tertiary/aromatic N) is 1. The summed E-state index contributed by atoms with van der Waals surface area (Å²) < 4.78 is 11.1. The van der Waals surface area contributed by atoms with Crippen molar-refractivity contribution in [3.05, 3.63) is 39.8 Å². The van der Waals surface area contributed by atoms with Gasteiger partial charge in [0.25, 0.3) is 0 Å². The molecule has 5 nitrogen and oxygen atoms in total. The number of fused-ring (bicyclic) bond motifs is 1. The molecule has 1 amide bonds. The van der Waals surface area contributed by atoms with E-state index in [0.717, 1.165) is 34.2 Å². The third-order valence-corrected chi connectivity index (χ3v) is 5.48. The lowest BCUT2D eigenvalue weighted by atomic mass is 9.95. The van der Waals surface area contributed by atoms with Crippen LogP contribution in [-0.4, -0.2) is 31.2 Å². The number of para-hydroxylation sites is 1. The van der Waals surface area contributed by atoms with Crippen molar-refractivity contribution in [1.82, 2.24) is 10.3 Å². The first kappa shape index (κ1) is 17.7. The largest absolute Gasteiger partial charge is 0.493 e. The molecule has 0 spiro atoms. The van der Waals surface area contributed by atoms with Crippen molar-refractivity contribution < 1.29 is 14.3 Å². The van der Waals surface area contributed by atoms with Crippen LogP contribution in [0.15, 0.2) is 23.6 Å². The van der Waals surface area contributed by atoms with Crippen LogP contribution in [0.25, 0.3) is 0 Å². The van der Waals surface area contributed by atoms with E-state index in [9.17, 15) is 4.79 Å². The number of ether oxygens (including phenoxy) is 2. The summed E-state index contributed by atoms with van der Waals surface area (Å²) in [4.78, 5) is 17.0. The second-order valence-corrected chi connectivity index (χ2v) is 7.42. The van der Waals surface area contributed by atoms with E-state index >= 15 is 0 Å². The molecule has 0 bridgehead atoms. The molecule has 2 heterocycles. The molecule has 25 heavy (non-hydrogen) atoms. The molecule has 2 aromatic rings. The summed E-state index contributed by atoms with van der Waals surface area (Å²) >= 11 is 1.68. The number of nitrogens with one attached hydrogen (secondary N) is 1. The van der Waals surface area contributed by atoms with Gasteiger partial charge in [0.05, 0.1) is 23.7 Å². The zero-order valence-electron chi connectivity index (χ0n) is 14.9. The highest BCUT2D eigenvalue weighted by Crippen LogP contribution is 2.36. The van der Waals surface area contributed by atoms with Crippen LogP contribution in [-0.2, 0) is 17.6 Å².